The fourth-order valence-electron chi connectivity index (χ4n) is 24.3. The quantitative estimate of drug-likeness (QED) is 0.0618. The molecule has 4 aromatic heterocycles. The van der Waals surface area contributed by atoms with Gasteiger partial charge in [0.2, 0.25) is 6.04 Å². The van der Waals surface area contributed by atoms with Gasteiger partial charge < -0.3 is 23.2 Å². The van der Waals surface area contributed by atoms with Crippen LogP contribution in [0.3, 0.4) is 0 Å². The van der Waals surface area contributed by atoms with Gasteiger partial charge in [-0.1, -0.05) is 370 Å². The van der Waals surface area contributed by atoms with Gasteiger partial charge in [-0.3, -0.25) is 0 Å². The molecule has 25 aromatic carbocycles. The SMILES string of the molecule is c1ccc(-c2c(N(c3ccccc3)c3ccccc3)c3ccccc3c3cc4c(-c5ccc6c(c5)oc5ccccc56)c5ccccc5c(-c5ccc6c(c5)oc5ccccc56)c4cc23)cc1.c1ccc(-c2c(N(c3ccccc3)c3ccccc3)c3ccccc3c3cc4c(-c5ccc6c7ccccc7n(-c7ccccc7)c6c5)c5ccccc5c(-c5ccc6c(c5)C([n+]5ccccc5)c5ccccc5-6)c4cc23)cc1. The molecule has 0 spiro atoms. The molecule has 1 aliphatic carbocycles. The van der Waals surface area contributed by atoms with Crippen molar-refractivity contribution in [2.45, 2.75) is 6.04 Å². The maximum absolute atomic E-state index is 6.60. The van der Waals surface area contributed by atoms with Crippen molar-refractivity contribution in [1.29, 1.82) is 0 Å². The largest absolute Gasteiger partial charge is 0.456 e. The van der Waals surface area contributed by atoms with E-state index in [2.05, 4.69) is 541 Å². The van der Waals surface area contributed by atoms with Gasteiger partial charge in [0.05, 0.1) is 22.4 Å². The number of benzene rings is 25. The standard InChI is InChI=1S/C76H50N3.C64H39NO2/c1-6-24-50(25-7-1)74-66-49-68-67(48-65(66)57-33-15-19-38-64(57)76(74)78(53-26-8-2-9-27-53)54-28-10-3-11-29-54)73(52-41-43-60-59-34-20-21-39-70(59)79(71(60)47-52)55-30-12-4-13-31-55)62-36-17-16-35-61(62)72(68)51-40-42-58-56-32-14-18-37-63(56)75(69(58)46-51)77-44-22-5-23-45-77;1-4-18-40(19-5-1)63-54-39-56-55(38-53(54)45-24-10-13-29-52(45)64(63)65(43-20-6-2-7-21-43)44-22-8-3-9-23-44)61(41-32-34-48-46-25-14-16-30-57(46)66-59(48)36-41)50-27-11-12-28-51(50)62(56)42-33-35-49-47-26-15-17-31-58(47)67-60(49)37-42/h1-49,75H;1-39H/q+1;. The van der Waals surface area contributed by atoms with E-state index in [-0.39, 0.29) is 6.04 Å². The number of nitrogens with zero attached hydrogens (tertiary/aromatic N) is 4. The molecule has 0 saturated heterocycles. The van der Waals surface area contributed by atoms with Crippen LogP contribution in [0.2, 0.25) is 0 Å². The molecule has 0 bridgehead atoms. The number of rotatable bonds is 14. The molecule has 680 valence electrons. The Hall–Kier alpha value is -19.3. The lowest BCUT2D eigenvalue weighted by Crippen LogP contribution is -2.38. The molecule has 0 radical (unpaired) electrons. The van der Waals surface area contributed by atoms with Crippen molar-refractivity contribution in [2.24, 2.45) is 0 Å². The Morgan fingerprint density at radius 3 is 0.938 bits per heavy atom. The van der Waals surface area contributed by atoms with Crippen LogP contribution < -0.4 is 14.4 Å². The second kappa shape index (κ2) is 34.3. The Morgan fingerprint density at radius 2 is 0.486 bits per heavy atom. The molecule has 6 nitrogen and oxygen atoms in total. The van der Waals surface area contributed by atoms with E-state index >= 15 is 0 Å². The zero-order valence-corrected chi connectivity index (χ0v) is 79.5. The molecule has 0 amide bonds. The Bertz CT molecular complexity index is 10200. The summed E-state index contributed by atoms with van der Waals surface area (Å²) in [6.45, 7) is 0. The summed E-state index contributed by atoms with van der Waals surface area (Å²) in [5, 5.41) is 25.9. The van der Waals surface area contributed by atoms with E-state index in [1.54, 1.807) is 0 Å². The van der Waals surface area contributed by atoms with Crippen LogP contribution in [0.5, 0.6) is 0 Å². The van der Waals surface area contributed by atoms with Crippen molar-refractivity contribution in [1.82, 2.24) is 4.57 Å². The van der Waals surface area contributed by atoms with Crippen LogP contribution in [0.1, 0.15) is 17.2 Å². The molecular formula is C140H89N4O2+. The predicted molar refractivity (Wildman–Crippen MR) is 613 cm³/mol. The Balaban J connectivity index is 0.000000140. The average Bonchev–Trinajstić information content (AvgIpc) is 1.63. The molecule has 146 heavy (non-hydrogen) atoms. The molecule has 0 N–H and O–H groups in total. The summed E-state index contributed by atoms with van der Waals surface area (Å²) in [5.41, 5.74) is 32.9. The minimum Gasteiger partial charge on any atom is -0.456 e. The summed E-state index contributed by atoms with van der Waals surface area (Å²) in [6, 6.07) is 191. The summed E-state index contributed by atoms with van der Waals surface area (Å²) in [7, 11) is 0. The van der Waals surface area contributed by atoms with E-state index in [4.69, 9.17) is 8.83 Å². The number of pyridine rings is 1. The zero-order chi connectivity index (χ0) is 96.0. The Labute approximate surface area is 842 Å². The molecule has 1 aliphatic rings. The maximum atomic E-state index is 6.60. The summed E-state index contributed by atoms with van der Waals surface area (Å²) < 4.78 is 18.0. The van der Waals surface area contributed by atoms with Crippen LogP contribution in [0, 0.1) is 0 Å². The number of aromatic nitrogens is 2. The second-order valence-corrected chi connectivity index (χ2v) is 38.4. The van der Waals surface area contributed by atoms with E-state index in [9.17, 15) is 0 Å². The van der Waals surface area contributed by atoms with Crippen LogP contribution in [-0.4, -0.2) is 4.57 Å². The highest BCUT2D eigenvalue weighted by Crippen LogP contribution is 2.58. The van der Waals surface area contributed by atoms with Gasteiger partial charge in [0.1, 0.15) is 22.3 Å². The van der Waals surface area contributed by atoms with Crippen molar-refractivity contribution in [2.75, 3.05) is 9.80 Å². The van der Waals surface area contributed by atoms with Crippen molar-refractivity contribution in [3.63, 3.8) is 0 Å². The Morgan fingerprint density at radius 1 is 0.178 bits per heavy atom. The number of anilines is 6. The van der Waals surface area contributed by atoms with Gasteiger partial charge in [-0.05, 0) is 282 Å². The summed E-state index contributed by atoms with van der Waals surface area (Å²) in [6.07, 6.45) is 4.42. The number of hydrogen-bond donors (Lipinski definition) is 0. The average molecular weight is 1860 g/mol. The predicted octanol–water partition coefficient (Wildman–Crippen LogP) is 38.3. The smallest absolute Gasteiger partial charge is 0.210 e. The van der Waals surface area contributed by atoms with Crippen LogP contribution >= 0.6 is 0 Å². The third kappa shape index (κ3) is 13.5. The summed E-state index contributed by atoms with van der Waals surface area (Å²) in [4.78, 5) is 4.92. The van der Waals surface area contributed by atoms with E-state index in [0.29, 0.717) is 0 Å². The molecular weight excluding hydrogens is 1770 g/mol. The molecule has 0 aliphatic heterocycles. The molecule has 1 unspecified atom stereocenters. The monoisotopic (exact) mass is 1860 g/mol. The maximum Gasteiger partial charge on any atom is 0.210 e. The van der Waals surface area contributed by atoms with Crippen molar-refractivity contribution >= 4 is 186 Å². The van der Waals surface area contributed by atoms with Crippen LogP contribution in [-0.2, 0) is 0 Å². The first kappa shape index (κ1) is 83.7. The van der Waals surface area contributed by atoms with Crippen LogP contribution in [0.25, 0.3) is 235 Å². The van der Waals surface area contributed by atoms with E-state index in [1.165, 1.54) is 169 Å². The van der Waals surface area contributed by atoms with Gasteiger partial charge in [0.15, 0.2) is 12.4 Å². The van der Waals surface area contributed by atoms with Gasteiger partial charge in [-0.2, -0.15) is 4.57 Å². The number of hydrogen-bond acceptors (Lipinski definition) is 4. The number of para-hydroxylation sites is 8. The summed E-state index contributed by atoms with van der Waals surface area (Å²) in [5.74, 6) is 0. The van der Waals surface area contributed by atoms with Crippen LogP contribution in [0.15, 0.2) is 543 Å². The molecule has 30 rings (SSSR count). The van der Waals surface area contributed by atoms with Gasteiger partial charge in [-0.25, -0.2) is 0 Å². The zero-order valence-electron chi connectivity index (χ0n) is 79.5. The highest BCUT2D eigenvalue weighted by atomic mass is 16.3. The molecule has 29 aromatic rings. The topological polar surface area (TPSA) is 41.6 Å². The van der Waals surface area contributed by atoms with Crippen molar-refractivity contribution in [3.05, 3.63) is 545 Å². The van der Waals surface area contributed by atoms with E-state index < -0.39 is 0 Å². The lowest BCUT2D eigenvalue weighted by Gasteiger charge is -2.31. The first-order valence-corrected chi connectivity index (χ1v) is 50.3. The third-order valence-corrected chi connectivity index (χ3v) is 30.4. The lowest BCUT2D eigenvalue weighted by atomic mass is 9.82. The highest BCUT2D eigenvalue weighted by Gasteiger charge is 2.37. The van der Waals surface area contributed by atoms with Crippen molar-refractivity contribution in [3.8, 4) is 83.6 Å². The lowest BCUT2D eigenvalue weighted by molar-refractivity contribution is -0.704. The number of fused-ring (bicyclic) bond motifs is 22. The molecule has 4 heterocycles. The van der Waals surface area contributed by atoms with Gasteiger partial charge in [0, 0.05) is 106 Å². The minimum absolute atomic E-state index is 0.0219. The van der Waals surface area contributed by atoms with E-state index in [0.717, 1.165) is 111 Å². The first-order valence-electron chi connectivity index (χ1n) is 50.3. The van der Waals surface area contributed by atoms with Crippen LogP contribution in [0.4, 0.5) is 34.1 Å². The van der Waals surface area contributed by atoms with Gasteiger partial charge in [0.25, 0.3) is 0 Å². The molecule has 0 fully saturated rings. The van der Waals surface area contributed by atoms with Crippen molar-refractivity contribution < 1.29 is 13.4 Å². The first-order chi connectivity index (χ1) is 72.5. The fourth-order valence-corrected chi connectivity index (χ4v) is 24.3. The Kier molecular flexibility index (Phi) is 19.7. The second-order valence-electron chi connectivity index (χ2n) is 38.4. The molecule has 6 heteroatoms. The molecule has 1 atom stereocenters. The summed E-state index contributed by atoms with van der Waals surface area (Å²) >= 11 is 0. The number of furan rings is 2. The van der Waals surface area contributed by atoms with E-state index in [1.807, 2.05) is 12.1 Å². The minimum atomic E-state index is 0.0219. The van der Waals surface area contributed by atoms with Gasteiger partial charge in [-0.15, -0.1) is 0 Å². The van der Waals surface area contributed by atoms with Gasteiger partial charge >= 0.3 is 0 Å². The third-order valence-electron chi connectivity index (χ3n) is 30.4. The normalized spacial score (nSPS) is 12.5. The highest BCUT2D eigenvalue weighted by molar-refractivity contribution is 6.33. The fraction of sp³-hybridized carbons (Fsp3) is 0.00714. The molecule has 0 saturated carbocycles.